The topological polar surface area (TPSA) is 67.2 Å². The smallest absolute Gasteiger partial charge is 0.268 e. The van der Waals surface area contributed by atoms with Crippen molar-refractivity contribution in [2.45, 2.75) is 12.5 Å². The summed E-state index contributed by atoms with van der Waals surface area (Å²) in [5.41, 5.74) is 5.67. The van der Waals surface area contributed by atoms with Crippen LogP contribution in [0.3, 0.4) is 0 Å². The number of nitrogens with zero attached hydrogens (tertiary/aromatic N) is 2. The van der Waals surface area contributed by atoms with E-state index in [0.29, 0.717) is 6.42 Å². The van der Waals surface area contributed by atoms with E-state index in [9.17, 15) is 10.0 Å². The molecule has 1 heterocycles. The molecule has 5 nitrogen and oxygen atoms in total. The van der Waals surface area contributed by atoms with Crippen molar-refractivity contribution in [2.75, 3.05) is 0 Å². The molecule has 2 N–H and O–H groups in total. The third-order valence-corrected chi connectivity index (χ3v) is 4.64. The quantitative estimate of drug-likeness (QED) is 0.419. The van der Waals surface area contributed by atoms with Crippen molar-refractivity contribution >= 4 is 16.8 Å². The van der Waals surface area contributed by atoms with Gasteiger partial charge in [-0.3, -0.25) is 14.7 Å². The van der Waals surface area contributed by atoms with Crippen LogP contribution in [0.5, 0.6) is 0 Å². The lowest BCUT2D eigenvalue weighted by atomic mass is 10.0. The van der Waals surface area contributed by atoms with Crippen LogP contribution in [0.25, 0.3) is 22.0 Å². The molecule has 4 rings (SSSR count). The molecule has 0 aliphatic rings. The summed E-state index contributed by atoms with van der Waals surface area (Å²) in [7, 11) is 0. The van der Waals surface area contributed by atoms with Crippen LogP contribution in [0.15, 0.2) is 85.1 Å². The number of rotatable bonds is 5. The number of hydrogen-bond donors (Lipinski definition) is 2. The summed E-state index contributed by atoms with van der Waals surface area (Å²) in [6, 6.07) is 25.1. The highest BCUT2D eigenvalue weighted by atomic mass is 16.5. The molecular formula is C22H19N3O2. The van der Waals surface area contributed by atoms with Crippen molar-refractivity contribution < 1.29 is 10.0 Å². The fourth-order valence-electron chi connectivity index (χ4n) is 3.29. The van der Waals surface area contributed by atoms with Crippen LogP contribution in [-0.4, -0.2) is 20.9 Å². The number of amides is 1. The Kier molecular flexibility index (Phi) is 4.68. The predicted molar refractivity (Wildman–Crippen MR) is 104 cm³/mol. The maximum Gasteiger partial charge on any atom is 0.268 e. The van der Waals surface area contributed by atoms with E-state index in [-0.39, 0.29) is 0 Å². The first kappa shape index (κ1) is 17.0. The molecule has 0 saturated heterocycles. The lowest BCUT2D eigenvalue weighted by molar-refractivity contribution is -0.132. The maximum atomic E-state index is 12.3. The standard InChI is InChI=1S/C22H19N3O2/c26-22(24-27)20(14-16-8-3-1-4-9-16)25-15-18-12-7-13-19(21(18)23-25)17-10-5-2-6-11-17/h1-13,15,20,27H,14H2,(H,24,26). The Bertz CT molecular complexity index is 1060. The Labute approximate surface area is 156 Å². The molecule has 3 aromatic carbocycles. The molecule has 134 valence electrons. The van der Waals surface area contributed by atoms with Crippen molar-refractivity contribution in [1.29, 1.82) is 0 Å². The summed E-state index contributed by atoms with van der Waals surface area (Å²) in [4.78, 5) is 12.3. The highest BCUT2D eigenvalue weighted by molar-refractivity contribution is 5.93. The largest absolute Gasteiger partial charge is 0.289 e. The maximum absolute atomic E-state index is 12.3. The number of nitrogens with one attached hydrogen (secondary N) is 1. The van der Waals surface area contributed by atoms with Gasteiger partial charge < -0.3 is 0 Å². The number of hydrogen-bond acceptors (Lipinski definition) is 3. The second-order valence-corrected chi connectivity index (χ2v) is 6.40. The van der Waals surface area contributed by atoms with Crippen LogP contribution in [-0.2, 0) is 11.2 Å². The van der Waals surface area contributed by atoms with Crippen molar-refractivity contribution in [3.8, 4) is 11.1 Å². The van der Waals surface area contributed by atoms with Crippen molar-refractivity contribution in [3.05, 3.63) is 90.6 Å². The number of benzene rings is 3. The molecular weight excluding hydrogens is 338 g/mol. The number of fused-ring (bicyclic) bond motifs is 1. The van der Waals surface area contributed by atoms with Crippen LogP contribution < -0.4 is 5.48 Å². The minimum Gasteiger partial charge on any atom is -0.289 e. The van der Waals surface area contributed by atoms with E-state index in [1.165, 1.54) is 0 Å². The second-order valence-electron chi connectivity index (χ2n) is 6.40. The molecule has 1 unspecified atom stereocenters. The third kappa shape index (κ3) is 3.45. The molecule has 1 aromatic heterocycles. The summed E-state index contributed by atoms with van der Waals surface area (Å²) in [6.45, 7) is 0. The van der Waals surface area contributed by atoms with Crippen molar-refractivity contribution in [1.82, 2.24) is 15.3 Å². The van der Waals surface area contributed by atoms with Gasteiger partial charge in [0.15, 0.2) is 0 Å². The van der Waals surface area contributed by atoms with Crippen molar-refractivity contribution in [2.24, 2.45) is 0 Å². The van der Waals surface area contributed by atoms with Gasteiger partial charge in [-0.2, -0.15) is 5.10 Å². The highest BCUT2D eigenvalue weighted by Gasteiger charge is 2.22. The van der Waals surface area contributed by atoms with Gasteiger partial charge in [-0.15, -0.1) is 0 Å². The molecule has 0 aliphatic carbocycles. The summed E-state index contributed by atoms with van der Waals surface area (Å²) in [5, 5.41) is 14.9. The van der Waals surface area contributed by atoms with Crippen molar-refractivity contribution in [3.63, 3.8) is 0 Å². The van der Waals surface area contributed by atoms with E-state index < -0.39 is 11.9 Å². The Morgan fingerprint density at radius 2 is 1.67 bits per heavy atom. The van der Waals surface area contributed by atoms with E-state index in [1.807, 2.05) is 85.1 Å². The zero-order valence-corrected chi connectivity index (χ0v) is 14.6. The Balaban J connectivity index is 1.78. The SMILES string of the molecule is O=C(NO)C(Cc1ccccc1)n1cc2cccc(-c3ccccc3)c2n1. The van der Waals surface area contributed by atoms with Gasteiger partial charge in [-0.1, -0.05) is 78.9 Å². The first-order chi connectivity index (χ1) is 13.3. The van der Waals surface area contributed by atoms with E-state index in [2.05, 4.69) is 0 Å². The lowest BCUT2D eigenvalue weighted by Crippen LogP contribution is -2.32. The van der Waals surface area contributed by atoms with Gasteiger partial charge in [0, 0.05) is 23.6 Å². The van der Waals surface area contributed by atoms with Gasteiger partial charge in [0.05, 0.1) is 0 Å². The molecule has 5 heteroatoms. The normalized spacial score (nSPS) is 12.0. The summed E-state index contributed by atoms with van der Waals surface area (Å²) in [6.07, 6.45) is 2.28. The first-order valence-electron chi connectivity index (χ1n) is 8.77. The zero-order valence-electron chi connectivity index (χ0n) is 14.6. The summed E-state index contributed by atoms with van der Waals surface area (Å²) >= 11 is 0. The fourth-order valence-corrected chi connectivity index (χ4v) is 3.29. The van der Waals surface area contributed by atoms with E-state index in [0.717, 1.165) is 27.6 Å². The van der Waals surface area contributed by atoms with Crippen LogP contribution >= 0.6 is 0 Å². The summed E-state index contributed by atoms with van der Waals surface area (Å²) < 4.78 is 1.63. The Hall–Kier alpha value is -3.44. The molecule has 0 aliphatic heterocycles. The Morgan fingerprint density at radius 1 is 0.963 bits per heavy atom. The van der Waals surface area contributed by atoms with Gasteiger partial charge >= 0.3 is 0 Å². The van der Waals surface area contributed by atoms with Crippen LogP contribution in [0, 0.1) is 0 Å². The third-order valence-electron chi connectivity index (χ3n) is 4.64. The van der Waals surface area contributed by atoms with Crippen LogP contribution in [0.2, 0.25) is 0 Å². The van der Waals surface area contributed by atoms with Gasteiger partial charge in [-0.05, 0) is 11.1 Å². The molecule has 0 radical (unpaired) electrons. The molecule has 0 fully saturated rings. The number of carbonyl (C=O) groups is 1. The molecule has 1 amide bonds. The average molecular weight is 357 g/mol. The monoisotopic (exact) mass is 357 g/mol. The average Bonchev–Trinajstić information content (AvgIpc) is 3.17. The molecule has 4 aromatic rings. The minimum atomic E-state index is -0.645. The second kappa shape index (κ2) is 7.43. The zero-order chi connectivity index (χ0) is 18.6. The number of aromatic nitrogens is 2. The minimum absolute atomic E-state index is 0.432. The Morgan fingerprint density at radius 3 is 2.37 bits per heavy atom. The van der Waals surface area contributed by atoms with Gasteiger partial charge in [0.1, 0.15) is 11.6 Å². The summed E-state index contributed by atoms with van der Waals surface area (Å²) in [5.74, 6) is -0.493. The van der Waals surface area contributed by atoms with E-state index in [1.54, 1.807) is 10.2 Å². The number of hydroxylamine groups is 1. The van der Waals surface area contributed by atoms with Gasteiger partial charge in [0.2, 0.25) is 0 Å². The molecule has 0 bridgehead atoms. The fraction of sp³-hybridized carbons (Fsp3) is 0.0909. The molecule has 1 atom stereocenters. The molecule has 0 spiro atoms. The van der Waals surface area contributed by atoms with Crippen LogP contribution in [0.1, 0.15) is 11.6 Å². The first-order valence-corrected chi connectivity index (χ1v) is 8.77. The lowest BCUT2D eigenvalue weighted by Gasteiger charge is -2.15. The number of carbonyl (C=O) groups excluding carboxylic acids is 1. The van der Waals surface area contributed by atoms with Gasteiger partial charge in [0.25, 0.3) is 5.91 Å². The van der Waals surface area contributed by atoms with E-state index >= 15 is 0 Å². The molecule has 0 saturated carbocycles. The molecule has 27 heavy (non-hydrogen) atoms. The predicted octanol–water partition coefficient (Wildman–Crippen LogP) is 3.99. The highest BCUT2D eigenvalue weighted by Crippen LogP contribution is 2.28. The van der Waals surface area contributed by atoms with Gasteiger partial charge in [-0.25, -0.2) is 5.48 Å². The van der Waals surface area contributed by atoms with Crippen LogP contribution in [0.4, 0.5) is 0 Å². The van der Waals surface area contributed by atoms with E-state index in [4.69, 9.17) is 5.10 Å².